The maximum Gasteiger partial charge on any atom is 0.119 e. The highest BCUT2D eigenvalue weighted by atomic mass is 35.5. The summed E-state index contributed by atoms with van der Waals surface area (Å²) < 4.78 is 5.38. The van der Waals surface area contributed by atoms with E-state index in [4.69, 9.17) is 4.74 Å². The standard InChI is InChI=1S/C18H28N2O.ClH/c1-20(13-14-8-10-19-11-9-14)18-5-3-4-15-12-16(21-2)6-7-17(15)18;/h6-7,12,14,18-19H,3-5,8-11,13H2,1-2H3;1H. The smallest absolute Gasteiger partial charge is 0.119 e. The minimum atomic E-state index is 0. The second kappa shape index (κ2) is 8.19. The zero-order valence-electron chi connectivity index (χ0n) is 13.8. The van der Waals surface area contributed by atoms with Gasteiger partial charge in [0.25, 0.3) is 0 Å². The van der Waals surface area contributed by atoms with Gasteiger partial charge in [0, 0.05) is 12.6 Å². The molecule has 0 amide bonds. The Morgan fingerprint density at radius 2 is 2.00 bits per heavy atom. The number of nitrogens with one attached hydrogen (secondary N) is 1. The third kappa shape index (κ3) is 3.95. The summed E-state index contributed by atoms with van der Waals surface area (Å²) in [5, 5.41) is 3.46. The molecule has 1 atom stereocenters. The van der Waals surface area contributed by atoms with Crippen molar-refractivity contribution < 1.29 is 4.74 Å². The van der Waals surface area contributed by atoms with Crippen LogP contribution in [0.25, 0.3) is 0 Å². The molecule has 1 unspecified atom stereocenters. The van der Waals surface area contributed by atoms with Crippen LogP contribution >= 0.6 is 12.4 Å². The van der Waals surface area contributed by atoms with Gasteiger partial charge < -0.3 is 10.1 Å². The number of hydrogen-bond donors (Lipinski definition) is 1. The molecule has 22 heavy (non-hydrogen) atoms. The summed E-state index contributed by atoms with van der Waals surface area (Å²) in [5.74, 6) is 1.86. The van der Waals surface area contributed by atoms with Gasteiger partial charge >= 0.3 is 0 Å². The van der Waals surface area contributed by atoms with Gasteiger partial charge in [0.2, 0.25) is 0 Å². The Kier molecular flexibility index (Phi) is 6.54. The number of piperidine rings is 1. The number of hydrogen-bond acceptors (Lipinski definition) is 3. The van der Waals surface area contributed by atoms with E-state index in [0.717, 1.165) is 11.7 Å². The minimum absolute atomic E-state index is 0. The third-order valence-electron chi connectivity index (χ3n) is 5.17. The number of aryl methyl sites for hydroxylation is 1. The molecule has 124 valence electrons. The summed E-state index contributed by atoms with van der Waals surface area (Å²) in [6.07, 6.45) is 6.44. The summed E-state index contributed by atoms with van der Waals surface area (Å²) >= 11 is 0. The van der Waals surface area contributed by atoms with Gasteiger partial charge in [0.15, 0.2) is 0 Å². The predicted molar refractivity (Wildman–Crippen MR) is 94.1 cm³/mol. The molecule has 1 aromatic rings. The quantitative estimate of drug-likeness (QED) is 0.918. The maximum atomic E-state index is 5.38. The van der Waals surface area contributed by atoms with Crippen LogP contribution in [0.4, 0.5) is 0 Å². The van der Waals surface area contributed by atoms with E-state index in [9.17, 15) is 0 Å². The Morgan fingerprint density at radius 3 is 2.73 bits per heavy atom. The molecule has 0 radical (unpaired) electrons. The van der Waals surface area contributed by atoms with Crippen LogP contribution in [0.15, 0.2) is 18.2 Å². The molecule has 1 fully saturated rings. The first-order chi connectivity index (χ1) is 10.3. The summed E-state index contributed by atoms with van der Waals surface area (Å²) in [5.41, 5.74) is 3.02. The summed E-state index contributed by atoms with van der Waals surface area (Å²) in [6.45, 7) is 3.62. The van der Waals surface area contributed by atoms with Crippen molar-refractivity contribution in [2.75, 3.05) is 33.8 Å². The van der Waals surface area contributed by atoms with Crippen LogP contribution in [0.2, 0.25) is 0 Å². The largest absolute Gasteiger partial charge is 0.497 e. The number of nitrogens with zero attached hydrogens (tertiary/aromatic N) is 1. The number of rotatable bonds is 4. The fourth-order valence-electron chi connectivity index (χ4n) is 3.95. The molecule has 3 nitrogen and oxygen atoms in total. The summed E-state index contributed by atoms with van der Waals surface area (Å²) in [7, 11) is 4.07. The normalized spacial score (nSPS) is 22.0. The molecule has 2 aliphatic rings. The van der Waals surface area contributed by atoms with Gasteiger partial charge in [-0.15, -0.1) is 12.4 Å². The summed E-state index contributed by atoms with van der Waals surface area (Å²) in [6, 6.07) is 7.24. The van der Waals surface area contributed by atoms with E-state index >= 15 is 0 Å². The lowest BCUT2D eigenvalue weighted by Crippen LogP contribution is -2.37. The Hall–Kier alpha value is -0.770. The van der Waals surface area contributed by atoms with Crippen molar-refractivity contribution in [2.45, 2.75) is 38.1 Å². The van der Waals surface area contributed by atoms with E-state index < -0.39 is 0 Å². The van der Waals surface area contributed by atoms with E-state index in [2.05, 4.69) is 35.5 Å². The fraction of sp³-hybridized carbons (Fsp3) is 0.667. The lowest BCUT2D eigenvalue weighted by molar-refractivity contribution is 0.172. The van der Waals surface area contributed by atoms with Gasteiger partial charge in [-0.2, -0.15) is 0 Å². The molecular formula is C18H29ClN2O. The highest BCUT2D eigenvalue weighted by molar-refractivity contribution is 5.85. The van der Waals surface area contributed by atoms with E-state index in [0.29, 0.717) is 6.04 Å². The van der Waals surface area contributed by atoms with Crippen LogP contribution < -0.4 is 10.1 Å². The highest BCUT2D eigenvalue weighted by Crippen LogP contribution is 2.36. The minimum Gasteiger partial charge on any atom is -0.497 e. The van der Waals surface area contributed by atoms with Crippen LogP contribution in [-0.2, 0) is 6.42 Å². The van der Waals surface area contributed by atoms with Crippen molar-refractivity contribution in [3.05, 3.63) is 29.3 Å². The molecule has 3 rings (SSSR count). The van der Waals surface area contributed by atoms with E-state index in [1.165, 1.54) is 62.9 Å². The molecule has 0 aromatic heterocycles. The van der Waals surface area contributed by atoms with E-state index in [-0.39, 0.29) is 12.4 Å². The number of ether oxygens (including phenoxy) is 1. The van der Waals surface area contributed by atoms with Crippen LogP contribution in [0.1, 0.15) is 42.9 Å². The van der Waals surface area contributed by atoms with Gasteiger partial charge in [-0.25, -0.2) is 0 Å². The Bertz CT molecular complexity index is 474. The molecule has 1 aliphatic carbocycles. The molecule has 1 saturated heterocycles. The molecule has 0 bridgehead atoms. The van der Waals surface area contributed by atoms with Crippen LogP contribution in [0, 0.1) is 5.92 Å². The number of halogens is 1. The zero-order chi connectivity index (χ0) is 14.7. The second-order valence-electron chi connectivity index (χ2n) is 6.61. The first-order valence-electron chi connectivity index (χ1n) is 8.35. The molecule has 0 spiro atoms. The lowest BCUT2D eigenvalue weighted by Gasteiger charge is -2.36. The molecule has 1 heterocycles. The van der Waals surface area contributed by atoms with Crippen molar-refractivity contribution in [3.8, 4) is 5.75 Å². The SMILES string of the molecule is COc1ccc2c(c1)CCCC2N(C)CC1CCNCC1.Cl. The average Bonchev–Trinajstić information content (AvgIpc) is 2.54. The Balaban J connectivity index is 0.00000176. The predicted octanol–water partition coefficient (Wildman–Crippen LogP) is 3.43. The number of fused-ring (bicyclic) bond motifs is 1. The van der Waals surface area contributed by atoms with Gasteiger partial charge in [-0.1, -0.05) is 6.07 Å². The Labute approximate surface area is 140 Å². The first kappa shape index (κ1) is 17.6. The highest BCUT2D eigenvalue weighted by Gasteiger charge is 2.26. The van der Waals surface area contributed by atoms with E-state index in [1.807, 2.05) is 0 Å². The van der Waals surface area contributed by atoms with Crippen LogP contribution in [0.5, 0.6) is 5.75 Å². The first-order valence-corrected chi connectivity index (χ1v) is 8.35. The van der Waals surface area contributed by atoms with Crippen LogP contribution in [-0.4, -0.2) is 38.7 Å². The lowest BCUT2D eigenvalue weighted by atomic mass is 9.86. The molecular weight excluding hydrogens is 296 g/mol. The fourth-order valence-corrected chi connectivity index (χ4v) is 3.95. The molecule has 1 aromatic carbocycles. The second-order valence-corrected chi connectivity index (χ2v) is 6.61. The molecule has 4 heteroatoms. The van der Waals surface area contributed by atoms with Crippen molar-refractivity contribution in [2.24, 2.45) is 5.92 Å². The molecule has 1 aliphatic heterocycles. The van der Waals surface area contributed by atoms with E-state index in [1.54, 1.807) is 7.11 Å². The van der Waals surface area contributed by atoms with Crippen molar-refractivity contribution in [3.63, 3.8) is 0 Å². The third-order valence-corrected chi connectivity index (χ3v) is 5.17. The Morgan fingerprint density at radius 1 is 1.23 bits per heavy atom. The van der Waals surface area contributed by atoms with Crippen molar-refractivity contribution in [1.29, 1.82) is 0 Å². The monoisotopic (exact) mass is 324 g/mol. The van der Waals surface area contributed by atoms with Gasteiger partial charge in [-0.3, -0.25) is 4.90 Å². The van der Waals surface area contributed by atoms with Crippen LogP contribution in [0.3, 0.4) is 0 Å². The zero-order valence-corrected chi connectivity index (χ0v) is 14.6. The molecule has 0 saturated carbocycles. The van der Waals surface area contributed by atoms with Gasteiger partial charge in [0.05, 0.1) is 7.11 Å². The summed E-state index contributed by atoms with van der Waals surface area (Å²) in [4.78, 5) is 2.60. The maximum absolute atomic E-state index is 5.38. The van der Waals surface area contributed by atoms with Gasteiger partial charge in [-0.05, 0) is 81.4 Å². The van der Waals surface area contributed by atoms with Gasteiger partial charge in [0.1, 0.15) is 5.75 Å². The molecule has 1 N–H and O–H groups in total. The van der Waals surface area contributed by atoms with Crippen molar-refractivity contribution in [1.82, 2.24) is 10.2 Å². The average molecular weight is 325 g/mol. The topological polar surface area (TPSA) is 24.5 Å². The number of methoxy groups -OCH3 is 1. The number of benzene rings is 1. The van der Waals surface area contributed by atoms with Crippen molar-refractivity contribution >= 4 is 12.4 Å².